The smallest absolute Gasteiger partial charge is 0.322 e. The van der Waals surface area contributed by atoms with Crippen molar-refractivity contribution in [1.82, 2.24) is 15.1 Å². The van der Waals surface area contributed by atoms with Gasteiger partial charge < -0.3 is 10.2 Å². The Labute approximate surface area is 117 Å². The quantitative estimate of drug-likeness (QED) is 0.817. The van der Waals surface area contributed by atoms with Crippen LogP contribution in [-0.2, 0) is 4.79 Å². The molecule has 2 heterocycles. The summed E-state index contributed by atoms with van der Waals surface area (Å²) in [7, 11) is 0. The van der Waals surface area contributed by atoms with E-state index in [0.29, 0.717) is 36.9 Å². The number of carbonyl (C=O) groups excluding carboxylic acids is 1. The average Bonchev–Trinajstić information content (AvgIpc) is 3.08. The fourth-order valence-electron chi connectivity index (χ4n) is 2.73. The highest BCUT2D eigenvalue weighted by Gasteiger charge is 2.31. The molecule has 7 heteroatoms. The molecule has 2 atom stereocenters. The minimum absolute atomic E-state index is 0.111. The number of likely N-dealkylation sites (tertiary alicyclic amines) is 1. The third-order valence-electron chi connectivity index (χ3n) is 4.08. The molecular weight excluding hydrogens is 258 g/mol. The van der Waals surface area contributed by atoms with E-state index >= 15 is 0 Å². The maximum atomic E-state index is 12.0. The first-order valence-electron chi connectivity index (χ1n) is 7.23. The topological polar surface area (TPSA) is 97.3 Å². The normalized spacial score (nSPS) is 26.9. The molecule has 2 aliphatic rings. The average molecular weight is 279 g/mol. The van der Waals surface area contributed by atoms with Gasteiger partial charge in [0.2, 0.25) is 11.8 Å². The lowest BCUT2D eigenvalue weighted by Crippen LogP contribution is -2.36. The summed E-state index contributed by atoms with van der Waals surface area (Å²) >= 11 is 0. The van der Waals surface area contributed by atoms with Gasteiger partial charge in [-0.3, -0.25) is 15.0 Å². The van der Waals surface area contributed by atoms with Crippen molar-refractivity contribution in [2.45, 2.75) is 38.1 Å². The van der Waals surface area contributed by atoms with Gasteiger partial charge in [0, 0.05) is 18.5 Å². The van der Waals surface area contributed by atoms with Gasteiger partial charge in [-0.2, -0.15) is 0 Å². The molecule has 20 heavy (non-hydrogen) atoms. The van der Waals surface area contributed by atoms with Crippen molar-refractivity contribution in [3.8, 4) is 0 Å². The molecule has 0 spiro atoms. The standard InChI is InChI=1S/C13H21N5O2/c1-8-4-9(5-14)6-18(8)7-11(19)15-13-17-16-12(20-13)10-2-3-10/h8-10H,2-7,14H2,1H3,(H,15,17,19). The van der Waals surface area contributed by atoms with Crippen LogP contribution in [0.3, 0.4) is 0 Å². The first-order valence-corrected chi connectivity index (χ1v) is 7.23. The van der Waals surface area contributed by atoms with Crippen LogP contribution in [0, 0.1) is 5.92 Å². The Hall–Kier alpha value is -1.47. The van der Waals surface area contributed by atoms with Gasteiger partial charge in [-0.25, -0.2) is 0 Å². The second-order valence-electron chi connectivity index (χ2n) is 5.88. The van der Waals surface area contributed by atoms with Crippen LogP contribution in [0.5, 0.6) is 0 Å². The van der Waals surface area contributed by atoms with Gasteiger partial charge in [0.25, 0.3) is 0 Å². The molecule has 1 saturated carbocycles. The predicted molar refractivity (Wildman–Crippen MR) is 73.1 cm³/mol. The minimum Gasteiger partial charge on any atom is -0.408 e. The van der Waals surface area contributed by atoms with Gasteiger partial charge in [-0.1, -0.05) is 5.10 Å². The van der Waals surface area contributed by atoms with E-state index in [2.05, 4.69) is 27.3 Å². The molecule has 110 valence electrons. The number of nitrogens with one attached hydrogen (secondary N) is 1. The number of rotatable bonds is 5. The number of anilines is 1. The molecule has 1 amide bonds. The summed E-state index contributed by atoms with van der Waals surface area (Å²) in [6.07, 6.45) is 3.25. The third-order valence-corrected chi connectivity index (χ3v) is 4.08. The van der Waals surface area contributed by atoms with Gasteiger partial charge in [-0.05, 0) is 38.6 Å². The molecular formula is C13H21N5O2. The maximum absolute atomic E-state index is 12.0. The Morgan fingerprint density at radius 1 is 1.50 bits per heavy atom. The number of hydrogen-bond donors (Lipinski definition) is 2. The van der Waals surface area contributed by atoms with Gasteiger partial charge in [0.1, 0.15) is 0 Å². The monoisotopic (exact) mass is 279 g/mol. The van der Waals surface area contributed by atoms with Gasteiger partial charge in [-0.15, -0.1) is 5.10 Å². The summed E-state index contributed by atoms with van der Waals surface area (Å²) in [6.45, 7) is 4.03. The summed E-state index contributed by atoms with van der Waals surface area (Å²) in [5.74, 6) is 1.42. The highest BCUT2D eigenvalue weighted by atomic mass is 16.4. The second-order valence-corrected chi connectivity index (χ2v) is 5.88. The van der Waals surface area contributed by atoms with Crippen LogP contribution in [-0.4, -0.2) is 46.7 Å². The largest absolute Gasteiger partial charge is 0.408 e. The summed E-state index contributed by atoms with van der Waals surface area (Å²) in [6, 6.07) is 0.595. The molecule has 3 N–H and O–H groups in total. The highest BCUT2D eigenvalue weighted by molar-refractivity contribution is 5.90. The molecule has 1 aromatic heterocycles. The van der Waals surface area contributed by atoms with E-state index in [0.717, 1.165) is 25.8 Å². The third kappa shape index (κ3) is 2.99. The summed E-state index contributed by atoms with van der Waals surface area (Å²) in [4.78, 5) is 14.1. The van der Waals surface area contributed by atoms with Crippen LogP contribution in [0.25, 0.3) is 0 Å². The van der Waals surface area contributed by atoms with Crippen LogP contribution in [0.2, 0.25) is 0 Å². The zero-order valence-corrected chi connectivity index (χ0v) is 11.7. The molecule has 1 saturated heterocycles. The maximum Gasteiger partial charge on any atom is 0.322 e. The summed E-state index contributed by atoms with van der Waals surface area (Å²) in [5.41, 5.74) is 5.69. The number of carbonyl (C=O) groups is 1. The molecule has 2 fully saturated rings. The first kappa shape index (κ1) is 13.5. The fourth-order valence-corrected chi connectivity index (χ4v) is 2.73. The van der Waals surface area contributed by atoms with Crippen molar-refractivity contribution in [2.24, 2.45) is 11.7 Å². The van der Waals surface area contributed by atoms with Crippen molar-refractivity contribution < 1.29 is 9.21 Å². The number of amides is 1. The van der Waals surface area contributed by atoms with Crippen molar-refractivity contribution in [1.29, 1.82) is 0 Å². The SMILES string of the molecule is CC1CC(CN)CN1CC(=O)Nc1nnc(C2CC2)o1. The lowest BCUT2D eigenvalue weighted by atomic mass is 10.1. The molecule has 1 aliphatic carbocycles. The van der Waals surface area contributed by atoms with Gasteiger partial charge >= 0.3 is 6.01 Å². The zero-order chi connectivity index (χ0) is 14.1. The van der Waals surface area contributed by atoms with E-state index < -0.39 is 0 Å². The lowest BCUT2D eigenvalue weighted by Gasteiger charge is -2.19. The molecule has 3 rings (SSSR count). The van der Waals surface area contributed by atoms with Crippen molar-refractivity contribution in [3.63, 3.8) is 0 Å². The molecule has 0 aromatic carbocycles. The lowest BCUT2D eigenvalue weighted by molar-refractivity contribution is -0.117. The van der Waals surface area contributed by atoms with Crippen molar-refractivity contribution >= 4 is 11.9 Å². The molecule has 1 aromatic rings. The van der Waals surface area contributed by atoms with Gasteiger partial charge in [0.15, 0.2) is 0 Å². The van der Waals surface area contributed by atoms with E-state index in [1.54, 1.807) is 0 Å². The van der Waals surface area contributed by atoms with Crippen LogP contribution in [0.15, 0.2) is 4.42 Å². The number of hydrogen-bond acceptors (Lipinski definition) is 6. The Morgan fingerprint density at radius 2 is 2.30 bits per heavy atom. The summed E-state index contributed by atoms with van der Waals surface area (Å²) < 4.78 is 5.42. The highest BCUT2D eigenvalue weighted by Crippen LogP contribution is 2.39. The molecule has 0 radical (unpaired) electrons. The van der Waals surface area contributed by atoms with Crippen LogP contribution in [0.1, 0.15) is 38.0 Å². The van der Waals surface area contributed by atoms with E-state index in [4.69, 9.17) is 10.2 Å². The molecule has 2 unspecified atom stereocenters. The summed E-state index contributed by atoms with van der Waals surface area (Å²) in [5, 5.41) is 10.5. The van der Waals surface area contributed by atoms with E-state index in [-0.39, 0.29) is 11.9 Å². The Kier molecular flexibility index (Phi) is 3.71. The van der Waals surface area contributed by atoms with Gasteiger partial charge in [0.05, 0.1) is 6.54 Å². The van der Waals surface area contributed by atoms with Crippen molar-refractivity contribution in [2.75, 3.05) is 25.0 Å². The molecule has 0 bridgehead atoms. The predicted octanol–water partition coefficient (Wildman–Crippen LogP) is 0.555. The Bertz CT molecular complexity index is 485. The van der Waals surface area contributed by atoms with Crippen LogP contribution < -0.4 is 11.1 Å². The molecule has 1 aliphatic heterocycles. The minimum atomic E-state index is -0.111. The number of aromatic nitrogens is 2. The second kappa shape index (κ2) is 5.49. The Balaban J connectivity index is 1.51. The molecule has 7 nitrogen and oxygen atoms in total. The fraction of sp³-hybridized carbons (Fsp3) is 0.769. The van der Waals surface area contributed by atoms with Crippen LogP contribution in [0.4, 0.5) is 6.01 Å². The van der Waals surface area contributed by atoms with E-state index in [1.165, 1.54) is 0 Å². The van der Waals surface area contributed by atoms with Crippen LogP contribution >= 0.6 is 0 Å². The number of nitrogens with zero attached hydrogens (tertiary/aromatic N) is 3. The zero-order valence-electron chi connectivity index (χ0n) is 11.7. The van der Waals surface area contributed by atoms with E-state index in [9.17, 15) is 4.79 Å². The Morgan fingerprint density at radius 3 is 2.95 bits per heavy atom. The number of nitrogens with two attached hydrogens (primary N) is 1. The van der Waals surface area contributed by atoms with Crippen molar-refractivity contribution in [3.05, 3.63) is 5.89 Å². The van der Waals surface area contributed by atoms with E-state index in [1.807, 2.05) is 0 Å². The first-order chi connectivity index (χ1) is 9.65.